The number of carbonyl (C=O) groups excluding carboxylic acids is 1. The fourth-order valence-corrected chi connectivity index (χ4v) is 1.96. The minimum Gasteiger partial charge on any atom is -0.308 e. The highest BCUT2D eigenvalue weighted by molar-refractivity contribution is 6.39. The average Bonchev–Trinajstić information content (AvgIpc) is 2.99. The predicted octanol–water partition coefficient (Wildman–Crippen LogP) is 3.20. The van der Waals surface area contributed by atoms with Gasteiger partial charge in [0, 0.05) is 11.7 Å². The van der Waals surface area contributed by atoms with Gasteiger partial charge in [0.15, 0.2) is 0 Å². The maximum atomic E-state index is 12.3. The Kier molecular flexibility index (Phi) is 2.94. The van der Waals surface area contributed by atoms with Crippen molar-refractivity contribution >= 4 is 23.2 Å². The van der Waals surface area contributed by atoms with E-state index >= 15 is 0 Å². The summed E-state index contributed by atoms with van der Waals surface area (Å²) in [6, 6.07) is 9.84. The molecule has 0 aromatic heterocycles. The van der Waals surface area contributed by atoms with Crippen LogP contribution in [-0.4, -0.2) is 16.8 Å². The maximum absolute atomic E-state index is 12.3. The molecular formula is C13H16ClNO. The van der Waals surface area contributed by atoms with Crippen LogP contribution in [0.1, 0.15) is 26.7 Å². The molecule has 0 heterocycles. The maximum Gasteiger partial charge on any atom is 0.248 e. The summed E-state index contributed by atoms with van der Waals surface area (Å²) in [6.07, 6.45) is 1.59. The number of para-hydroxylation sites is 1. The van der Waals surface area contributed by atoms with Crippen LogP contribution in [0.15, 0.2) is 30.3 Å². The molecule has 0 saturated heterocycles. The molecule has 2 nitrogen and oxygen atoms in total. The number of rotatable bonds is 3. The monoisotopic (exact) mass is 237 g/mol. The Morgan fingerprint density at radius 3 is 2.31 bits per heavy atom. The molecule has 1 saturated carbocycles. The van der Waals surface area contributed by atoms with Gasteiger partial charge in [0.05, 0.1) is 0 Å². The van der Waals surface area contributed by atoms with E-state index in [0.717, 1.165) is 18.5 Å². The van der Waals surface area contributed by atoms with Crippen LogP contribution in [0.5, 0.6) is 0 Å². The van der Waals surface area contributed by atoms with Crippen LogP contribution in [0.25, 0.3) is 0 Å². The summed E-state index contributed by atoms with van der Waals surface area (Å²) in [6.45, 7) is 4.01. The van der Waals surface area contributed by atoms with Gasteiger partial charge in [0.1, 0.15) is 4.87 Å². The van der Waals surface area contributed by atoms with Gasteiger partial charge in [-0.3, -0.25) is 4.79 Å². The Morgan fingerprint density at radius 1 is 1.31 bits per heavy atom. The number of nitrogens with zero attached hydrogens (tertiary/aromatic N) is 1. The average molecular weight is 238 g/mol. The fraction of sp³-hybridized carbons (Fsp3) is 0.462. The van der Waals surface area contributed by atoms with E-state index in [4.69, 9.17) is 11.6 Å². The molecule has 0 N–H and O–H groups in total. The summed E-state index contributed by atoms with van der Waals surface area (Å²) in [7, 11) is 0. The van der Waals surface area contributed by atoms with Gasteiger partial charge in [-0.1, -0.05) is 18.2 Å². The van der Waals surface area contributed by atoms with Gasteiger partial charge in [0.25, 0.3) is 0 Å². The molecule has 2 rings (SSSR count). The van der Waals surface area contributed by atoms with Crippen molar-refractivity contribution in [2.24, 2.45) is 0 Å². The summed E-state index contributed by atoms with van der Waals surface area (Å²) in [4.78, 5) is 13.4. The smallest absolute Gasteiger partial charge is 0.248 e. The SMILES string of the molecule is CC(C)N(C(=O)C1(Cl)CC1)c1ccccc1. The molecule has 0 atom stereocenters. The molecule has 0 spiro atoms. The van der Waals surface area contributed by atoms with E-state index in [0.29, 0.717) is 0 Å². The number of anilines is 1. The minimum atomic E-state index is -0.625. The highest BCUT2D eigenvalue weighted by atomic mass is 35.5. The van der Waals surface area contributed by atoms with Gasteiger partial charge >= 0.3 is 0 Å². The molecule has 0 radical (unpaired) electrons. The van der Waals surface area contributed by atoms with E-state index in [1.807, 2.05) is 44.2 Å². The van der Waals surface area contributed by atoms with Crippen molar-refractivity contribution in [3.8, 4) is 0 Å². The highest BCUT2D eigenvalue weighted by Gasteiger charge is 2.50. The van der Waals surface area contributed by atoms with Crippen LogP contribution < -0.4 is 4.90 Å². The van der Waals surface area contributed by atoms with Crippen molar-refractivity contribution in [1.82, 2.24) is 0 Å². The second-order valence-corrected chi connectivity index (χ2v) is 5.29. The molecule has 0 aliphatic heterocycles. The third kappa shape index (κ3) is 2.07. The summed E-state index contributed by atoms with van der Waals surface area (Å²) in [5, 5.41) is 0. The lowest BCUT2D eigenvalue weighted by Crippen LogP contribution is -2.42. The number of amides is 1. The Morgan fingerprint density at radius 2 is 1.88 bits per heavy atom. The summed E-state index contributed by atoms with van der Waals surface area (Å²) in [5.41, 5.74) is 0.925. The van der Waals surface area contributed by atoms with Crippen molar-refractivity contribution in [1.29, 1.82) is 0 Å². The van der Waals surface area contributed by atoms with Crippen molar-refractivity contribution < 1.29 is 4.79 Å². The fourth-order valence-electron chi connectivity index (χ4n) is 1.78. The van der Waals surface area contributed by atoms with Crippen LogP contribution >= 0.6 is 11.6 Å². The van der Waals surface area contributed by atoms with Gasteiger partial charge in [-0.25, -0.2) is 0 Å². The number of alkyl halides is 1. The van der Waals surface area contributed by atoms with Gasteiger partial charge in [-0.2, -0.15) is 0 Å². The van der Waals surface area contributed by atoms with E-state index in [2.05, 4.69) is 0 Å². The molecule has 3 heteroatoms. The summed E-state index contributed by atoms with van der Waals surface area (Å²) >= 11 is 6.19. The summed E-state index contributed by atoms with van der Waals surface area (Å²) < 4.78 is 0. The van der Waals surface area contributed by atoms with Gasteiger partial charge < -0.3 is 4.90 Å². The summed E-state index contributed by atoms with van der Waals surface area (Å²) in [5.74, 6) is 0.0374. The number of hydrogen-bond donors (Lipinski definition) is 0. The lowest BCUT2D eigenvalue weighted by atomic mass is 10.2. The molecule has 1 aliphatic rings. The van der Waals surface area contributed by atoms with Gasteiger partial charge in [-0.05, 0) is 38.8 Å². The van der Waals surface area contributed by atoms with E-state index < -0.39 is 4.87 Å². The van der Waals surface area contributed by atoms with E-state index in [1.54, 1.807) is 4.90 Å². The molecule has 1 fully saturated rings. The third-order valence-corrected chi connectivity index (χ3v) is 3.38. The quantitative estimate of drug-likeness (QED) is 0.740. The number of halogens is 1. The first-order valence-electron chi connectivity index (χ1n) is 5.62. The zero-order valence-electron chi connectivity index (χ0n) is 9.61. The molecule has 0 unspecified atom stereocenters. The van der Waals surface area contributed by atoms with Crippen molar-refractivity contribution in [2.45, 2.75) is 37.6 Å². The van der Waals surface area contributed by atoms with Crippen LogP contribution in [0.2, 0.25) is 0 Å². The van der Waals surface area contributed by atoms with E-state index in [1.165, 1.54) is 0 Å². The molecule has 1 aromatic rings. The Labute approximate surface area is 101 Å². The van der Waals surface area contributed by atoms with Crippen molar-refractivity contribution in [2.75, 3.05) is 4.90 Å². The second-order valence-electron chi connectivity index (χ2n) is 4.57. The third-order valence-electron chi connectivity index (χ3n) is 2.84. The van der Waals surface area contributed by atoms with Crippen molar-refractivity contribution in [3.05, 3.63) is 30.3 Å². The zero-order valence-corrected chi connectivity index (χ0v) is 10.4. The Balaban J connectivity index is 2.28. The Bertz CT molecular complexity index is 384. The van der Waals surface area contributed by atoms with Crippen molar-refractivity contribution in [3.63, 3.8) is 0 Å². The molecular weight excluding hydrogens is 222 g/mol. The Hall–Kier alpha value is -1.02. The number of carbonyl (C=O) groups is 1. The molecule has 0 bridgehead atoms. The second kappa shape index (κ2) is 4.10. The molecule has 1 amide bonds. The number of hydrogen-bond acceptors (Lipinski definition) is 1. The lowest BCUT2D eigenvalue weighted by Gasteiger charge is -2.28. The van der Waals surface area contributed by atoms with E-state index in [-0.39, 0.29) is 11.9 Å². The first kappa shape index (κ1) is 11.5. The standard InChI is InChI=1S/C13H16ClNO/c1-10(2)15(11-6-4-3-5-7-11)12(16)13(14)8-9-13/h3-7,10H,8-9H2,1-2H3. The van der Waals surface area contributed by atoms with Crippen LogP contribution in [0.3, 0.4) is 0 Å². The lowest BCUT2D eigenvalue weighted by molar-refractivity contribution is -0.119. The van der Waals surface area contributed by atoms with Gasteiger partial charge in [-0.15, -0.1) is 11.6 Å². The normalized spacial score (nSPS) is 17.2. The van der Waals surface area contributed by atoms with E-state index in [9.17, 15) is 4.79 Å². The van der Waals surface area contributed by atoms with Crippen LogP contribution in [0.4, 0.5) is 5.69 Å². The zero-order chi connectivity index (χ0) is 11.8. The first-order chi connectivity index (χ1) is 7.54. The molecule has 16 heavy (non-hydrogen) atoms. The number of benzene rings is 1. The topological polar surface area (TPSA) is 20.3 Å². The predicted molar refractivity (Wildman–Crippen MR) is 66.9 cm³/mol. The van der Waals surface area contributed by atoms with Crippen LogP contribution in [-0.2, 0) is 4.79 Å². The minimum absolute atomic E-state index is 0.0374. The first-order valence-corrected chi connectivity index (χ1v) is 6.00. The highest BCUT2D eigenvalue weighted by Crippen LogP contribution is 2.45. The molecule has 1 aromatic carbocycles. The molecule has 1 aliphatic carbocycles. The largest absolute Gasteiger partial charge is 0.308 e. The van der Waals surface area contributed by atoms with Gasteiger partial charge in [0.2, 0.25) is 5.91 Å². The molecule has 86 valence electrons. The van der Waals surface area contributed by atoms with Crippen LogP contribution in [0, 0.1) is 0 Å².